The first kappa shape index (κ1) is 13.2. The first-order chi connectivity index (χ1) is 8.95. The molecule has 0 bridgehead atoms. The molecule has 2 heterocycles. The molecule has 0 saturated heterocycles. The highest BCUT2D eigenvalue weighted by atomic mass is 19.3. The molecular weight excluding hydrogens is 256 g/mol. The highest BCUT2D eigenvalue weighted by Gasteiger charge is 2.17. The minimum absolute atomic E-state index is 0.270. The van der Waals surface area contributed by atoms with Crippen molar-refractivity contribution in [3.05, 3.63) is 29.7 Å². The quantitative estimate of drug-likeness (QED) is 0.914. The van der Waals surface area contributed by atoms with Crippen LogP contribution >= 0.6 is 0 Å². The molecule has 6 nitrogen and oxygen atoms in total. The van der Waals surface area contributed by atoms with Crippen LogP contribution in [0.2, 0.25) is 0 Å². The average Bonchev–Trinajstić information content (AvgIpc) is 2.85. The fraction of sp³-hybridized carbons (Fsp3) is 0.364. The number of nitrogens with one attached hydrogen (secondary N) is 1. The third-order valence-electron chi connectivity index (χ3n) is 2.43. The Hall–Kier alpha value is -2.25. The van der Waals surface area contributed by atoms with Crippen molar-refractivity contribution in [2.75, 3.05) is 5.32 Å². The molecule has 0 aromatic carbocycles. The molecule has 0 aliphatic carbocycles. The maximum Gasteiger partial charge on any atom is 0.280 e. The number of carbonyl (C=O) groups is 1. The van der Waals surface area contributed by atoms with Gasteiger partial charge in [-0.15, -0.1) is 0 Å². The van der Waals surface area contributed by atoms with Gasteiger partial charge in [0.05, 0.1) is 5.69 Å². The Labute approximate surface area is 108 Å². The van der Waals surface area contributed by atoms with Crippen LogP contribution in [0.15, 0.2) is 18.3 Å². The van der Waals surface area contributed by atoms with E-state index in [1.807, 2.05) is 0 Å². The first-order valence-corrected chi connectivity index (χ1v) is 5.57. The second kappa shape index (κ2) is 5.17. The van der Waals surface area contributed by atoms with Crippen LogP contribution in [0.4, 0.5) is 14.6 Å². The first-order valence-electron chi connectivity index (χ1n) is 5.57. The zero-order valence-electron chi connectivity index (χ0n) is 10.5. The number of rotatable bonds is 4. The van der Waals surface area contributed by atoms with E-state index >= 15 is 0 Å². The van der Waals surface area contributed by atoms with Gasteiger partial charge in [0.15, 0.2) is 5.82 Å². The number of nitrogens with zero attached hydrogens (tertiary/aromatic N) is 4. The summed E-state index contributed by atoms with van der Waals surface area (Å²) in [7, 11) is 1.71. The van der Waals surface area contributed by atoms with E-state index in [-0.39, 0.29) is 12.2 Å². The van der Waals surface area contributed by atoms with Gasteiger partial charge in [-0.3, -0.25) is 14.2 Å². The van der Waals surface area contributed by atoms with E-state index in [1.54, 1.807) is 26.2 Å². The Morgan fingerprint density at radius 1 is 1.47 bits per heavy atom. The number of hydrogen-bond acceptors (Lipinski definition) is 3. The van der Waals surface area contributed by atoms with Crippen molar-refractivity contribution in [2.45, 2.75) is 19.9 Å². The van der Waals surface area contributed by atoms with E-state index in [2.05, 4.69) is 15.5 Å². The fourth-order valence-corrected chi connectivity index (χ4v) is 1.67. The number of aryl methyl sites for hydroxylation is 2. The van der Waals surface area contributed by atoms with Crippen molar-refractivity contribution in [3.8, 4) is 0 Å². The second-order valence-electron chi connectivity index (χ2n) is 4.09. The Morgan fingerprint density at radius 3 is 2.79 bits per heavy atom. The van der Waals surface area contributed by atoms with Crippen LogP contribution in [0, 0.1) is 6.92 Å². The maximum atomic E-state index is 12.7. The summed E-state index contributed by atoms with van der Waals surface area (Å²) in [5, 5.41) is 10.3. The smallest absolute Gasteiger partial charge is 0.280 e. The molecule has 2 aromatic heterocycles. The molecule has 0 radical (unpaired) electrons. The van der Waals surface area contributed by atoms with Crippen LogP contribution in [0.5, 0.6) is 0 Å². The van der Waals surface area contributed by atoms with E-state index in [4.69, 9.17) is 0 Å². The number of amides is 1. The van der Waals surface area contributed by atoms with E-state index in [9.17, 15) is 13.6 Å². The van der Waals surface area contributed by atoms with Gasteiger partial charge in [0.25, 0.3) is 6.43 Å². The number of hydrogen-bond donors (Lipinski definition) is 1. The van der Waals surface area contributed by atoms with Gasteiger partial charge >= 0.3 is 0 Å². The van der Waals surface area contributed by atoms with Crippen LogP contribution in [0.1, 0.15) is 17.8 Å². The van der Waals surface area contributed by atoms with Gasteiger partial charge in [-0.2, -0.15) is 10.2 Å². The van der Waals surface area contributed by atoms with Gasteiger partial charge in [-0.1, -0.05) is 0 Å². The Kier molecular flexibility index (Phi) is 3.59. The molecule has 102 valence electrons. The molecule has 1 N–H and O–H groups in total. The highest BCUT2D eigenvalue weighted by molar-refractivity contribution is 5.89. The summed E-state index contributed by atoms with van der Waals surface area (Å²) in [6, 6.07) is 2.87. The second-order valence-corrected chi connectivity index (χ2v) is 4.09. The van der Waals surface area contributed by atoms with Crippen LogP contribution in [-0.4, -0.2) is 25.5 Å². The van der Waals surface area contributed by atoms with Crippen LogP contribution in [0.3, 0.4) is 0 Å². The molecule has 1 amide bonds. The van der Waals surface area contributed by atoms with Crippen molar-refractivity contribution < 1.29 is 13.6 Å². The van der Waals surface area contributed by atoms with Gasteiger partial charge in [-0.05, 0) is 13.0 Å². The molecule has 0 unspecified atom stereocenters. The number of halogens is 2. The normalized spacial score (nSPS) is 11.0. The van der Waals surface area contributed by atoms with Gasteiger partial charge in [0.1, 0.15) is 12.2 Å². The lowest BCUT2D eigenvalue weighted by Crippen LogP contribution is -2.21. The molecule has 0 atom stereocenters. The van der Waals surface area contributed by atoms with Crippen molar-refractivity contribution >= 4 is 11.7 Å². The maximum absolute atomic E-state index is 12.7. The summed E-state index contributed by atoms with van der Waals surface area (Å²) in [5.74, 6) is -0.0846. The molecule has 2 rings (SSSR count). The fourth-order valence-electron chi connectivity index (χ4n) is 1.67. The molecule has 0 saturated carbocycles. The summed E-state index contributed by atoms with van der Waals surface area (Å²) in [4.78, 5) is 11.7. The third kappa shape index (κ3) is 3.15. The predicted octanol–water partition coefficient (Wildman–Crippen LogP) is 1.50. The SMILES string of the molecule is Cc1cc(C(F)F)n(CC(=O)Nc2ccn(C)n2)n1. The summed E-state index contributed by atoms with van der Waals surface area (Å²) in [5.41, 5.74) is 0.176. The lowest BCUT2D eigenvalue weighted by Gasteiger charge is -2.06. The standard InChI is InChI=1S/C11H13F2N5O/c1-7-5-8(11(12)13)18(15-7)6-10(19)14-9-3-4-17(2)16-9/h3-5,11H,6H2,1-2H3,(H,14,16,19). The molecule has 0 aliphatic heterocycles. The molecular formula is C11H13F2N5O. The average molecular weight is 269 g/mol. The Bertz CT molecular complexity index is 590. The van der Waals surface area contributed by atoms with Gasteiger partial charge in [-0.25, -0.2) is 8.78 Å². The topological polar surface area (TPSA) is 64.7 Å². The number of aromatic nitrogens is 4. The lowest BCUT2D eigenvalue weighted by atomic mass is 10.4. The zero-order valence-corrected chi connectivity index (χ0v) is 10.5. The summed E-state index contributed by atoms with van der Waals surface area (Å²) < 4.78 is 28.0. The van der Waals surface area contributed by atoms with Gasteiger partial charge in [0, 0.05) is 19.3 Å². The molecule has 0 fully saturated rings. The number of alkyl halides is 2. The van der Waals surface area contributed by atoms with Crippen LogP contribution < -0.4 is 5.32 Å². The molecule has 0 spiro atoms. The Morgan fingerprint density at radius 2 is 2.21 bits per heavy atom. The molecule has 0 aliphatic rings. The minimum Gasteiger partial charge on any atom is -0.308 e. The van der Waals surface area contributed by atoms with E-state index in [0.29, 0.717) is 11.5 Å². The summed E-state index contributed by atoms with van der Waals surface area (Å²) in [6.07, 6.45) is -0.998. The molecule has 8 heteroatoms. The van der Waals surface area contributed by atoms with Crippen molar-refractivity contribution in [3.63, 3.8) is 0 Å². The van der Waals surface area contributed by atoms with E-state index in [0.717, 1.165) is 4.68 Å². The van der Waals surface area contributed by atoms with Crippen LogP contribution in [-0.2, 0) is 18.4 Å². The number of carbonyl (C=O) groups excluding carboxylic acids is 1. The van der Waals surface area contributed by atoms with Gasteiger partial charge < -0.3 is 5.32 Å². The lowest BCUT2D eigenvalue weighted by molar-refractivity contribution is -0.117. The summed E-state index contributed by atoms with van der Waals surface area (Å²) in [6.45, 7) is 1.32. The molecule has 2 aromatic rings. The highest BCUT2D eigenvalue weighted by Crippen LogP contribution is 2.19. The summed E-state index contributed by atoms with van der Waals surface area (Å²) >= 11 is 0. The predicted molar refractivity (Wildman–Crippen MR) is 63.8 cm³/mol. The van der Waals surface area contributed by atoms with Gasteiger partial charge in [0.2, 0.25) is 5.91 Å². The monoisotopic (exact) mass is 269 g/mol. The van der Waals surface area contributed by atoms with Crippen molar-refractivity contribution in [1.82, 2.24) is 19.6 Å². The van der Waals surface area contributed by atoms with Crippen molar-refractivity contribution in [2.24, 2.45) is 7.05 Å². The zero-order chi connectivity index (χ0) is 14.0. The van der Waals surface area contributed by atoms with E-state index < -0.39 is 12.3 Å². The van der Waals surface area contributed by atoms with Crippen molar-refractivity contribution in [1.29, 1.82) is 0 Å². The van der Waals surface area contributed by atoms with Crippen LogP contribution in [0.25, 0.3) is 0 Å². The molecule has 19 heavy (non-hydrogen) atoms. The van der Waals surface area contributed by atoms with E-state index in [1.165, 1.54) is 10.7 Å². The number of anilines is 1. The third-order valence-corrected chi connectivity index (χ3v) is 2.43. The largest absolute Gasteiger partial charge is 0.308 e. The minimum atomic E-state index is -2.66. The Balaban J connectivity index is 2.06.